The molecule has 5 atom stereocenters. The number of carbonyl (C=O) groups excluding carboxylic acids is 3. The van der Waals surface area contributed by atoms with Crippen molar-refractivity contribution in [2.75, 3.05) is 6.16 Å². The molecule has 1 saturated heterocycles. The van der Waals surface area contributed by atoms with Crippen LogP contribution in [0.4, 0.5) is 4.79 Å². The SMILES string of the molecule is CC(=O)O[C@H]1[C@H](OC(C)=O)[C@@H](CCP(=O)(OCc2ccccc2)OCc2ccccc2)OC(N)[C@H]1NC(=O)OC(C)(C)C. The Morgan fingerprint density at radius 1 is 0.860 bits per heavy atom. The van der Waals surface area contributed by atoms with Gasteiger partial charge in [0, 0.05) is 13.8 Å². The summed E-state index contributed by atoms with van der Waals surface area (Å²) in [5, 5.41) is 2.57. The van der Waals surface area contributed by atoms with E-state index in [9.17, 15) is 18.9 Å². The Hall–Kier alpha value is -3.28. The third-order valence-corrected chi connectivity index (χ3v) is 8.10. The molecule has 1 heterocycles. The first kappa shape index (κ1) is 34.2. The van der Waals surface area contributed by atoms with Crippen LogP contribution in [-0.2, 0) is 55.4 Å². The molecule has 0 radical (unpaired) electrons. The van der Waals surface area contributed by atoms with Crippen LogP contribution in [0.1, 0.15) is 52.2 Å². The Morgan fingerprint density at radius 3 is 1.81 bits per heavy atom. The van der Waals surface area contributed by atoms with Gasteiger partial charge in [-0.3, -0.25) is 14.2 Å². The van der Waals surface area contributed by atoms with E-state index >= 15 is 0 Å². The van der Waals surface area contributed by atoms with Crippen LogP contribution in [0.15, 0.2) is 60.7 Å². The summed E-state index contributed by atoms with van der Waals surface area (Å²) in [4.78, 5) is 36.8. The van der Waals surface area contributed by atoms with E-state index in [4.69, 9.17) is 33.7 Å². The molecule has 12 nitrogen and oxygen atoms in total. The molecule has 1 aliphatic rings. The second-order valence-corrected chi connectivity index (χ2v) is 13.3. The molecule has 2 aromatic carbocycles. The largest absolute Gasteiger partial charge is 0.456 e. The third kappa shape index (κ3) is 11.4. The predicted octanol–water partition coefficient (Wildman–Crippen LogP) is 4.44. The van der Waals surface area contributed by atoms with E-state index in [1.54, 1.807) is 20.8 Å². The van der Waals surface area contributed by atoms with E-state index < -0.39 is 61.8 Å². The molecule has 0 bridgehead atoms. The van der Waals surface area contributed by atoms with Gasteiger partial charge in [0.1, 0.15) is 24.0 Å². The van der Waals surface area contributed by atoms with Crippen LogP contribution in [-0.4, -0.2) is 60.4 Å². The Morgan fingerprint density at radius 2 is 1.35 bits per heavy atom. The van der Waals surface area contributed by atoms with E-state index in [2.05, 4.69) is 5.32 Å². The molecule has 1 unspecified atom stereocenters. The van der Waals surface area contributed by atoms with E-state index in [1.165, 1.54) is 13.8 Å². The van der Waals surface area contributed by atoms with Gasteiger partial charge in [-0.1, -0.05) is 60.7 Å². The van der Waals surface area contributed by atoms with Crippen LogP contribution < -0.4 is 11.1 Å². The summed E-state index contributed by atoms with van der Waals surface area (Å²) in [5.74, 6) is -1.39. The fourth-order valence-corrected chi connectivity index (χ4v) is 6.01. The van der Waals surface area contributed by atoms with E-state index in [0.717, 1.165) is 11.1 Å². The topological polar surface area (TPSA) is 162 Å². The molecule has 0 spiro atoms. The summed E-state index contributed by atoms with van der Waals surface area (Å²) in [6.45, 7) is 7.47. The molecule has 0 aliphatic carbocycles. The van der Waals surface area contributed by atoms with Gasteiger partial charge in [-0.15, -0.1) is 0 Å². The number of rotatable bonds is 12. The number of alkyl carbamates (subject to hydrolysis) is 1. The monoisotopic (exact) mass is 620 g/mol. The minimum absolute atomic E-state index is 0.0105. The normalized spacial score (nSPS) is 22.3. The zero-order valence-corrected chi connectivity index (χ0v) is 26.0. The number of nitrogens with two attached hydrogens (primary N) is 1. The van der Waals surface area contributed by atoms with Crippen molar-refractivity contribution in [1.29, 1.82) is 0 Å². The number of hydrogen-bond acceptors (Lipinski definition) is 11. The van der Waals surface area contributed by atoms with Gasteiger partial charge in [-0.05, 0) is 38.3 Å². The van der Waals surface area contributed by atoms with Crippen molar-refractivity contribution in [3.8, 4) is 0 Å². The second kappa shape index (κ2) is 15.4. The Labute approximate surface area is 252 Å². The average Bonchev–Trinajstić information content (AvgIpc) is 2.93. The molecule has 13 heteroatoms. The molecular weight excluding hydrogens is 579 g/mol. The van der Waals surface area contributed by atoms with Crippen molar-refractivity contribution in [3.63, 3.8) is 0 Å². The molecule has 0 aromatic heterocycles. The number of amides is 1. The van der Waals surface area contributed by atoms with Crippen molar-refractivity contribution in [3.05, 3.63) is 71.8 Å². The minimum atomic E-state index is -3.76. The predicted molar refractivity (Wildman–Crippen MR) is 157 cm³/mol. The number of nitrogens with one attached hydrogen (secondary N) is 1. The Bertz CT molecular complexity index is 1210. The van der Waals surface area contributed by atoms with Crippen molar-refractivity contribution in [2.45, 2.75) is 90.4 Å². The van der Waals surface area contributed by atoms with Gasteiger partial charge >= 0.3 is 25.6 Å². The maximum Gasteiger partial charge on any atom is 0.408 e. The molecular formula is C30H41N2O10P. The molecule has 2 aromatic rings. The standard InChI is InChI=1S/C30H41N2O10P/c1-20(33)39-26-24(41-28(31)25(27(26)40-21(2)34)32-29(35)42-30(3,4)5)16-17-43(36,37-18-22-12-8-6-9-13-22)38-19-23-14-10-7-11-15-23/h6-15,24-28H,16-19,31H2,1-5H3,(H,32,35)/t24-,25+,26-,27-,28?/m1/s1. The Kier molecular flexibility index (Phi) is 12.3. The zero-order chi connectivity index (χ0) is 31.6. The zero-order valence-electron chi connectivity index (χ0n) is 25.1. The highest BCUT2D eigenvalue weighted by atomic mass is 31.2. The summed E-state index contributed by atoms with van der Waals surface area (Å²) in [6.07, 6.45) is -5.63. The van der Waals surface area contributed by atoms with Crippen molar-refractivity contribution in [1.82, 2.24) is 5.32 Å². The number of esters is 2. The third-order valence-electron chi connectivity index (χ3n) is 6.25. The minimum Gasteiger partial charge on any atom is -0.456 e. The van der Waals surface area contributed by atoms with Crippen LogP contribution in [0.3, 0.4) is 0 Å². The lowest BCUT2D eigenvalue weighted by Gasteiger charge is -2.44. The fraction of sp³-hybridized carbons (Fsp3) is 0.500. The lowest BCUT2D eigenvalue weighted by Crippen LogP contribution is -2.68. The summed E-state index contributed by atoms with van der Waals surface area (Å²) < 4.78 is 48.1. The van der Waals surface area contributed by atoms with E-state index in [1.807, 2.05) is 60.7 Å². The van der Waals surface area contributed by atoms with E-state index in [-0.39, 0.29) is 25.8 Å². The lowest BCUT2D eigenvalue weighted by molar-refractivity contribution is -0.214. The smallest absolute Gasteiger partial charge is 0.408 e. The fourth-order valence-electron chi connectivity index (χ4n) is 4.42. The molecule has 236 valence electrons. The van der Waals surface area contributed by atoms with Crippen LogP contribution >= 0.6 is 7.60 Å². The van der Waals surface area contributed by atoms with Crippen LogP contribution in [0.5, 0.6) is 0 Å². The highest BCUT2D eigenvalue weighted by Crippen LogP contribution is 2.51. The lowest BCUT2D eigenvalue weighted by atomic mass is 9.94. The van der Waals surface area contributed by atoms with Gasteiger partial charge in [0.25, 0.3) is 0 Å². The molecule has 3 rings (SSSR count). The molecule has 1 aliphatic heterocycles. The van der Waals surface area contributed by atoms with Gasteiger partial charge in [0.05, 0.1) is 19.4 Å². The van der Waals surface area contributed by atoms with Crippen LogP contribution in [0, 0.1) is 0 Å². The molecule has 1 fully saturated rings. The van der Waals surface area contributed by atoms with Crippen molar-refractivity contribution in [2.24, 2.45) is 5.73 Å². The molecule has 3 N–H and O–H groups in total. The molecule has 1 amide bonds. The van der Waals surface area contributed by atoms with Crippen LogP contribution in [0.2, 0.25) is 0 Å². The Balaban J connectivity index is 1.83. The van der Waals surface area contributed by atoms with Gasteiger partial charge in [-0.25, -0.2) is 4.79 Å². The van der Waals surface area contributed by atoms with Gasteiger partial charge in [-0.2, -0.15) is 0 Å². The average molecular weight is 621 g/mol. The quantitative estimate of drug-likeness (QED) is 0.196. The molecule has 43 heavy (non-hydrogen) atoms. The maximum absolute atomic E-state index is 14.0. The highest BCUT2D eigenvalue weighted by Gasteiger charge is 2.50. The maximum atomic E-state index is 14.0. The highest BCUT2D eigenvalue weighted by molar-refractivity contribution is 7.53. The second-order valence-electron chi connectivity index (χ2n) is 11.1. The number of ether oxygens (including phenoxy) is 4. The summed E-state index contributed by atoms with van der Waals surface area (Å²) in [6, 6.07) is 17.3. The van der Waals surface area contributed by atoms with Crippen molar-refractivity contribution < 1.29 is 46.9 Å². The van der Waals surface area contributed by atoms with Gasteiger partial charge < -0.3 is 39.0 Å². The van der Waals surface area contributed by atoms with Gasteiger partial charge in [0.2, 0.25) is 0 Å². The summed E-state index contributed by atoms with van der Waals surface area (Å²) in [7, 11) is -3.76. The summed E-state index contributed by atoms with van der Waals surface area (Å²) in [5.41, 5.74) is 7.07. The summed E-state index contributed by atoms with van der Waals surface area (Å²) >= 11 is 0. The number of hydrogen-bond donors (Lipinski definition) is 2. The van der Waals surface area contributed by atoms with E-state index in [0.29, 0.717) is 0 Å². The molecule has 0 saturated carbocycles. The van der Waals surface area contributed by atoms with Crippen molar-refractivity contribution >= 4 is 25.6 Å². The number of carbonyl (C=O) groups is 3. The van der Waals surface area contributed by atoms with Crippen LogP contribution in [0.25, 0.3) is 0 Å². The number of benzene rings is 2. The first-order valence-electron chi connectivity index (χ1n) is 14.0. The van der Waals surface area contributed by atoms with Gasteiger partial charge in [0.15, 0.2) is 12.2 Å². The first-order chi connectivity index (χ1) is 20.2. The first-order valence-corrected chi connectivity index (χ1v) is 15.7.